The molecule has 0 spiro atoms. The highest BCUT2D eigenvalue weighted by atomic mass is 16.5. The maximum absolute atomic E-state index is 12.8. The lowest BCUT2D eigenvalue weighted by Gasteiger charge is -2.39. The summed E-state index contributed by atoms with van der Waals surface area (Å²) in [6.07, 6.45) is 0.784. The van der Waals surface area contributed by atoms with Gasteiger partial charge in [0.25, 0.3) is 0 Å². The van der Waals surface area contributed by atoms with Gasteiger partial charge in [-0.25, -0.2) is 4.79 Å². The van der Waals surface area contributed by atoms with E-state index < -0.39 is 11.5 Å². The highest BCUT2D eigenvalue weighted by Gasteiger charge is 2.34. The van der Waals surface area contributed by atoms with Gasteiger partial charge < -0.3 is 18.9 Å². The summed E-state index contributed by atoms with van der Waals surface area (Å²) in [5.41, 5.74) is 1.02. The monoisotopic (exact) mass is 387 g/mol. The van der Waals surface area contributed by atoms with Crippen LogP contribution in [0.25, 0.3) is 0 Å². The number of carbonyl (C=O) groups is 1. The van der Waals surface area contributed by atoms with Crippen LogP contribution < -0.4 is 14.2 Å². The molecule has 152 valence electrons. The van der Waals surface area contributed by atoms with Crippen LogP contribution in [0, 0.1) is 0 Å². The average Bonchev–Trinajstić information content (AvgIpc) is 2.73. The van der Waals surface area contributed by atoms with Gasteiger partial charge >= 0.3 is 5.97 Å². The average molecular weight is 387 g/mol. The van der Waals surface area contributed by atoms with Crippen LogP contribution in [0.3, 0.4) is 0 Å². The molecular weight excluding hydrogens is 358 g/mol. The van der Waals surface area contributed by atoms with Gasteiger partial charge in [-0.3, -0.25) is 4.90 Å². The normalized spacial score (nSPS) is 13.0. The second-order valence-corrected chi connectivity index (χ2v) is 6.64. The number of hydrogen-bond acceptors (Lipinski definition) is 6. The number of hydrogen-bond donors (Lipinski definition) is 0. The van der Waals surface area contributed by atoms with E-state index in [2.05, 4.69) is 24.0 Å². The Hall–Kier alpha value is -2.73. The van der Waals surface area contributed by atoms with Crippen LogP contribution in [-0.2, 0) is 10.3 Å². The number of carbonyl (C=O) groups excluding carboxylic acids is 1. The molecule has 0 aromatic heterocycles. The number of esters is 1. The molecule has 0 aliphatic carbocycles. The van der Waals surface area contributed by atoms with Gasteiger partial charge in [-0.2, -0.15) is 0 Å². The Kier molecular flexibility index (Phi) is 7.29. The van der Waals surface area contributed by atoms with Gasteiger partial charge in [0.05, 0.1) is 32.4 Å². The first kappa shape index (κ1) is 21.6. The van der Waals surface area contributed by atoms with Gasteiger partial charge in [-0.15, -0.1) is 0 Å². The van der Waals surface area contributed by atoms with E-state index in [1.807, 2.05) is 32.3 Å². The van der Waals surface area contributed by atoms with E-state index in [-0.39, 0.29) is 6.61 Å². The molecule has 6 heteroatoms. The van der Waals surface area contributed by atoms with Crippen molar-refractivity contribution in [1.29, 1.82) is 0 Å². The minimum atomic E-state index is -0.449. The Morgan fingerprint density at radius 2 is 1.54 bits per heavy atom. The molecule has 0 heterocycles. The van der Waals surface area contributed by atoms with Crippen molar-refractivity contribution in [2.24, 2.45) is 0 Å². The highest BCUT2D eigenvalue weighted by molar-refractivity contribution is 5.91. The SMILES string of the molecule is CC[C@](COC(=O)c1cc(OC)c(OC)c(OC)c1)(c1ccccc1)N(C)C. The fourth-order valence-corrected chi connectivity index (χ4v) is 3.31. The number of methoxy groups -OCH3 is 3. The van der Waals surface area contributed by atoms with E-state index >= 15 is 0 Å². The van der Waals surface area contributed by atoms with Crippen LogP contribution in [0.1, 0.15) is 29.3 Å². The highest BCUT2D eigenvalue weighted by Crippen LogP contribution is 2.38. The Labute approximate surface area is 167 Å². The van der Waals surface area contributed by atoms with E-state index in [9.17, 15) is 4.79 Å². The summed E-state index contributed by atoms with van der Waals surface area (Å²) in [4.78, 5) is 14.9. The lowest BCUT2D eigenvalue weighted by atomic mass is 9.87. The van der Waals surface area contributed by atoms with Crippen molar-refractivity contribution in [3.05, 3.63) is 53.6 Å². The zero-order valence-corrected chi connectivity index (χ0v) is 17.4. The van der Waals surface area contributed by atoms with Crippen molar-refractivity contribution >= 4 is 5.97 Å². The van der Waals surface area contributed by atoms with Gasteiger partial charge in [0.2, 0.25) is 5.75 Å². The molecule has 0 unspecified atom stereocenters. The third-order valence-electron chi connectivity index (χ3n) is 5.09. The predicted molar refractivity (Wildman–Crippen MR) is 108 cm³/mol. The molecule has 0 fully saturated rings. The van der Waals surface area contributed by atoms with E-state index in [0.29, 0.717) is 22.8 Å². The Balaban J connectivity index is 2.31. The third kappa shape index (κ3) is 4.22. The van der Waals surface area contributed by atoms with Crippen LogP contribution in [0.4, 0.5) is 0 Å². The second-order valence-electron chi connectivity index (χ2n) is 6.64. The zero-order valence-electron chi connectivity index (χ0n) is 17.4. The molecule has 0 amide bonds. The van der Waals surface area contributed by atoms with Crippen molar-refractivity contribution in [2.45, 2.75) is 18.9 Å². The number of benzene rings is 2. The lowest BCUT2D eigenvalue weighted by molar-refractivity contribution is 0.0119. The first-order chi connectivity index (χ1) is 13.4. The first-order valence-electron chi connectivity index (χ1n) is 9.13. The predicted octanol–water partition coefficient (Wildman–Crippen LogP) is 3.74. The van der Waals surface area contributed by atoms with Gasteiger partial charge in [-0.05, 0) is 38.2 Å². The van der Waals surface area contributed by atoms with Crippen molar-refractivity contribution in [1.82, 2.24) is 4.90 Å². The summed E-state index contributed by atoms with van der Waals surface area (Å²) >= 11 is 0. The molecule has 0 aliphatic heterocycles. The van der Waals surface area contributed by atoms with E-state index in [0.717, 1.165) is 12.0 Å². The number of ether oxygens (including phenoxy) is 4. The van der Waals surface area contributed by atoms with Gasteiger partial charge in [-0.1, -0.05) is 37.3 Å². The first-order valence-corrected chi connectivity index (χ1v) is 9.13. The van der Waals surface area contributed by atoms with Crippen molar-refractivity contribution in [3.63, 3.8) is 0 Å². The Bertz CT molecular complexity index is 766. The molecule has 0 bridgehead atoms. The minimum Gasteiger partial charge on any atom is -0.493 e. The van der Waals surface area contributed by atoms with Crippen LogP contribution in [0.15, 0.2) is 42.5 Å². The third-order valence-corrected chi connectivity index (χ3v) is 5.09. The van der Waals surface area contributed by atoms with Crippen LogP contribution >= 0.6 is 0 Å². The summed E-state index contributed by atoms with van der Waals surface area (Å²) in [6.45, 7) is 2.30. The molecule has 1 atom stereocenters. The molecular formula is C22H29NO5. The summed E-state index contributed by atoms with van der Waals surface area (Å²) in [6, 6.07) is 13.2. The fraction of sp³-hybridized carbons (Fsp3) is 0.409. The summed E-state index contributed by atoms with van der Waals surface area (Å²) in [5, 5.41) is 0. The molecule has 2 rings (SSSR count). The molecule has 2 aromatic rings. The molecule has 0 N–H and O–H groups in total. The molecule has 28 heavy (non-hydrogen) atoms. The summed E-state index contributed by atoms with van der Waals surface area (Å²) < 4.78 is 21.7. The van der Waals surface area contributed by atoms with E-state index in [4.69, 9.17) is 18.9 Å². The Morgan fingerprint density at radius 3 is 1.96 bits per heavy atom. The quantitative estimate of drug-likeness (QED) is 0.611. The van der Waals surface area contributed by atoms with Crippen molar-refractivity contribution in [2.75, 3.05) is 42.0 Å². The second kappa shape index (κ2) is 9.46. The molecule has 0 radical (unpaired) electrons. The van der Waals surface area contributed by atoms with Gasteiger partial charge in [0.15, 0.2) is 11.5 Å². The van der Waals surface area contributed by atoms with E-state index in [1.165, 1.54) is 21.3 Å². The van der Waals surface area contributed by atoms with E-state index in [1.54, 1.807) is 12.1 Å². The molecule has 0 aliphatic rings. The minimum absolute atomic E-state index is 0.218. The maximum Gasteiger partial charge on any atom is 0.338 e. The maximum atomic E-state index is 12.8. The topological polar surface area (TPSA) is 57.2 Å². The van der Waals surface area contributed by atoms with Crippen molar-refractivity contribution in [3.8, 4) is 17.2 Å². The number of nitrogens with zero attached hydrogens (tertiary/aromatic N) is 1. The molecule has 6 nitrogen and oxygen atoms in total. The smallest absolute Gasteiger partial charge is 0.338 e. The zero-order chi connectivity index (χ0) is 20.7. The summed E-state index contributed by atoms with van der Waals surface area (Å²) in [5.74, 6) is 0.800. The standard InChI is InChI=1S/C22H29NO5/c1-7-22(23(2)3,17-11-9-8-10-12-17)15-28-21(24)16-13-18(25-4)20(27-6)19(14-16)26-5/h8-14H,7,15H2,1-6H3/t22-/m0/s1. The number of rotatable bonds is 9. The lowest BCUT2D eigenvalue weighted by Crippen LogP contribution is -2.45. The van der Waals surface area contributed by atoms with Crippen LogP contribution in [-0.4, -0.2) is 52.9 Å². The largest absolute Gasteiger partial charge is 0.493 e. The molecule has 0 saturated carbocycles. The van der Waals surface area contributed by atoms with Gasteiger partial charge in [0.1, 0.15) is 6.61 Å². The fourth-order valence-electron chi connectivity index (χ4n) is 3.31. The summed E-state index contributed by atoms with van der Waals surface area (Å²) in [7, 11) is 8.52. The van der Waals surface area contributed by atoms with Crippen LogP contribution in [0.2, 0.25) is 0 Å². The molecule has 2 aromatic carbocycles. The number of likely N-dealkylation sites (N-methyl/N-ethyl adjacent to an activating group) is 1. The van der Waals surface area contributed by atoms with Crippen molar-refractivity contribution < 1.29 is 23.7 Å². The molecule has 0 saturated heterocycles. The van der Waals surface area contributed by atoms with Gasteiger partial charge in [0, 0.05) is 0 Å². The Morgan fingerprint density at radius 1 is 0.964 bits per heavy atom. The van der Waals surface area contributed by atoms with Crippen LogP contribution in [0.5, 0.6) is 17.2 Å².